The highest BCUT2D eigenvalue weighted by Gasteiger charge is 2.21. The molecular formula is C20H25N3O. The molecule has 0 saturated carbocycles. The Hall–Kier alpha value is -2.17. The normalized spacial score (nSPS) is 17.4. The number of likely N-dealkylation sites (N-methyl/N-ethyl adjacent to an activating group) is 1. The maximum Gasteiger partial charge on any atom is 0.251 e. The lowest BCUT2D eigenvalue weighted by Gasteiger charge is -2.35. The molecule has 0 spiro atoms. The Morgan fingerprint density at radius 3 is 2.17 bits per heavy atom. The summed E-state index contributed by atoms with van der Waals surface area (Å²) in [5, 5.41) is 3.21. The van der Waals surface area contributed by atoms with Crippen LogP contribution in [-0.4, -0.2) is 55.5 Å². The number of carbonyl (C=O) groups excluding carboxylic acids is 1. The van der Waals surface area contributed by atoms with Gasteiger partial charge in [-0.15, -0.1) is 0 Å². The van der Waals surface area contributed by atoms with Crippen molar-refractivity contribution in [2.24, 2.45) is 0 Å². The van der Waals surface area contributed by atoms with Crippen molar-refractivity contribution >= 4 is 5.91 Å². The first kappa shape index (κ1) is 16.7. The van der Waals surface area contributed by atoms with E-state index in [0.29, 0.717) is 5.56 Å². The van der Waals surface area contributed by atoms with Crippen molar-refractivity contribution in [2.45, 2.75) is 6.04 Å². The zero-order valence-electron chi connectivity index (χ0n) is 14.2. The summed E-state index contributed by atoms with van der Waals surface area (Å²) in [6.07, 6.45) is 0. The van der Waals surface area contributed by atoms with Gasteiger partial charge >= 0.3 is 0 Å². The summed E-state index contributed by atoms with van der Waals surface area (Å²) in [6.45, 7) is 5.08. The number of hydrogen-bond acceptors (Lipinski definition) is 3. The SMILES string of the molecule is CN1CCN(C[C@@H](NC(=O)c2ccccc2)c2ccccc2)CC1. The van der Waals surface area contributed by atoms with Crippen LogP contribution in [0.25, 0.3) is 0 Å². The molecule has 24 heavy (non-hydrogen) atoms. The van der Waals surface area contributed by atoms with Crippen molar-refractivity contribution in [2.75, 3.05) is 39.8 Å². The Balaban J connectivity index is 1.71. The van der Waals surface area contributed by atoms with Crippen LogP contribution in [0.15, 0.2) is 60.7 Å². The summed E-state index contributed by atoms with van der Waals surface area (Å²) in [5.74, 6) is -0.0152. The molecule has 0 bridgehead atoms. The minimum Gasteiger partial charge on any atom is -0.344 e. The predicted octanol–water partition coefficient (Wildman–Crippen LogP) is 2.41. The Bertz CT molecular complexity index is 636. The van der Waals surface area contributed by atoms with Crippen molar-refractivity contribution in [1.29, 1.82) is 0 Å². The maximum absolute atomic E-state index is 12.6. The summed E-state index contributed by atoms with van der Waals surface area (Å²) in [4.78, 5) is 17.4. The molecule has 1 N–H and O–H groups in total. The summed E-state index contributed by atoms with van der Waals surface area (Å²) >= 11 is 0. The van der Waals surface area contributed by atoms with Gasteiger partial charge < -0.3 is 10.2 Å². The molecule has 1 saturated heterocycles. The molecule has 1 aliphatic heterocycles. The number of nitrogens with zero attached hydrogens (tertiary/aromatic N) is 2. The van der Waals surface area contributed by atoms with Crippen LogP contribution < -0.4 is 5.32 Å². The van der Waals surface area contributed by atoms with E-state index in [1.54, 1.807) is 0 Å². The van der Waals surface area contributed by atoms with E-state index in [2.05, 4.69) is 34.3 Å². The molecule has 4 heteroatoms. The Morgan fingerprint density at radius 2 is 1.54 bits per heavy atom. The topological polar surface area (TPSA) is 35.6 Å². The summed E-state index contributed by atoms with van der Waals surface area (Å²) in [7, 11) is 2.16. The fraction of sp³-hybridized carbons (Fsp3) is 0.350. The Morgan fingerprint density at radius 1 is 0.958 bits per heavy atom. The lowest BCUT2D eigenvalue weighted by atomic mass is 10.0. The summed E-state index contributed by atoms with van der Waals surface area (Å²) in [6, 6.07) is 19.7. The molecule has 0 aromatic heterocycles. The Labute approximate surface area is 144 Å². The minimum absolute atomic E-state index is 0.00214. The molecule has 3 rings (SSSR count). The fourth-order valence-corrected chi connectivity index (χ4v) is 3.04. The average molecular weight is 323 g/mol. The monoisotopic (exact) mass is 323 g/mol. The number of nitrogens with one attached hydrogen (secondary N) is 1. The molecule has 0 radical (unpaired) electrons. The van der Waals surface area contributed by atoms with Crippen LogP contribution in [0.5, 0.6) is 0 Å². The van der Waals surface area contributed by atoms with Gasteiger partial charge in [-0.1, -0.05) is 48.5 Å². The first-order valence-electron chi connectivity index (χ1n) is 8.54. The molecule has 1 amide bonds. The number of piperazine rings is 1. The van der Waals surface area contributed by atoms with Crippen LogP contribution in [0.1, 0.15) is 22.0 Å². The zero-order chi connectivity index (χ0) is 16.8. The molecule has 1 atom stereocenters. The van der Waals surface area contributed by atoms with E-state index in [9.17, 15) is 4.79 Å². The van der Waals surface area contributed by atoms with E-state index >= 15 is 0 Å². The van der Waals surface area contributed by atoms with Crippen molar-refractivity contribution in [3.05, 3.63) is 71.8 Å². The van der Waals surface area contributed by atoms with Crippen LogP contribution in [-0.2, 0) is 0 Å². The highest BCUT2D eigenvalue weighted by molar-refractivity contribution is 5.94. The van der Waals surface area contributed by atoms with Gasteiger partial charge in [0.05, 0.1) is 6.04 Å². The fourth-order valence-electron chi connectivity index (χ4n) is 3.04. The highest BCUT2D eigenvalue weighted by Crippen LogP contribution is 2.16. The maximum atomic E-state index is 12.6. The summed E-state index contributed by atoms with van der Waals surface area (Å²) < 4.78 is 0. The number of hydrogen-bond donors (Lipinski definition) is 1. The average Bonchev–Trinajstić information content (AvgIpc) is 2.64. The third-order valence-electron chi connectivity index (χ3n) is 4.58. The lowest BCUT2D eigenvalue weighted by Crippen LogP contribution is -2.47. The molecule has 1 fully saturated rings. The first-order chi connectivity index (χ1) is 11.7. The van der Waals surface area contributed by atoms with Gasteiger partial charge in [0, 0.05) is 38.3 Å². The van der Waals surface area contributed by atoms with Gasteiger partial charge in [-0.25, -0.2) is 0 Å². The van der Waals surface area contributed by atoms with Gasteiger partial charge in [0.1, 0.15) is 0 Å². The quantitative estimate of drug-likeness (QED) is 0.918. The number of carbonyl (C=O) groups is 1. The molecule has 4 nitrogen and oxygen atoms in total. The van der Waals surface area contributed by atoms with Crippen molar-refractivity contribution in [3.8, 4) is 0 Å². The second-order valence-corrected chi connectivity index (χ2v) is 6.41. The predicted molar refractivity (Wildman–Crippen MR) is 97.0 cm³/mol. The van der Waals surface area contributed by atoms with E-state index in [1.807, 2.05) is 48.5 Å². The van der Waals surface area contributed by atoms with E-state index < -0.39 is 0 Å². The number of amides is 1. The molecule has 0 unspecified atom stereocenters. The Kier molecular flexibility index (Phi) is 5.62. The van der Waals surface area contributed by atoms with Gasteiger partial charge in [-0.2, -0.15) is 0 Å². The summed E-state index contributed by atoms with van der Waals surface area (Å²) in [5.41, 5.74) is 1.86. The van der Waals surface area contributed by atoms with Crippen LogP contribution >= 0.6 is 0 Å². The molecule has 126 valence electrons. The first-order valence-corrected chi connectivity index (χ1v) is 8.54. The van der Waals surface area contributed by atoms with Gasteiger partial charge in [-0.3, -0.25) is 9.69 Å². The third kappa shape index (κ3) is 4.43. The molecule has 1 heterocycles. The van der Waals surface area contributed by atoms with Gasteiger partial charge in [0.15, 0.2) is 0 Å². The van der Waals surface area contributed by atoms with E-state index in [0.717, 1.165) is 38.3 Å². The lowest BCUT2D eigenvalue weighted by molar-refractivity contribution is 0.0907. The standard InChI is InChI=1S/C20H25N3O/c1-22-12-14-23(15-13-22)16-19(17-8-4-2-5-9-17)21-20(24)18-10-6-3-7-11-18/h2-11,19H,12-16H2,1H3,(H,21,24)/t19-/m1/s1. The largest absolute Gasteiger partial charge is 0.344 e. The van der Waals surface area contributed by atoms with E-state index in [1.165, 1.54) is 0 Å². The molecular weight excluding hydrogens is 298 g/mol. The number of rotatable bonds is 5. The second kappa shape index (κ2) is 8.08. The zero-order valence-corrected chi connectivity index (χ0v) is 14.2. The van der Waals surface area contributed by atoms with Crippen LogP contribution in [0, 0.1) is 0 Å². The molecule has 0 aliphatic carbocycles. The van der Waals surface area contributed by atoms with Gasteiger partial charge in [-0.05, 0) is 24.7 Å². The number of benzene rings is 2. The van der Waals surface area contributed by atoms with Crippen molar-refractivity contribution in [3.63, 3.8) is 0 Å². The van der Waals surface area contributed by atoms with Crippen LogP contribution in [0.3, 0.4) is 0 Å². The molecule has 1 aliphatic rings. The smallest absolute Gasteiger partial charge is 0.251 e. The minimum atomic E-state index is -0.0152. The van der Waals surface area contributed by atoms with E-state index in [4.69, 9.17) is 0 Å². The third-order valence-corrected chi connectivity index (χ3v) is 4.58. The van der Waals surface area contributed by atoms with Crippen LogP contribution in [0.2, 0.25) is 0 Å². The van der Waals surface area contributed by atoms with Gasteiger partial charge in [0.2, 0.25) is 0 Å². The molecule has 2 aromatic carbocycles. The van der Waals surface area contributed by atoms with Gasteiger partial charge in [0.25, 0.3) is 5.91 Å². The van der Waals surface area contributed by atoms with Crippen molar-refractivity contribution in [1.82, 2.24) is 15.1 Å². The molecule has 2 aromatic rings. The highest BCUT2D eigenvalue weighted by atomic mass is 16.1. The van der Waals surface area contributed by atoms with E-state index in [-0.39, 0.29) is 11.9 Å². The van der Waals surface area contributed by atoms with Crippen molar-refractivity contribution < 1.29 is 4.79 Å². The second-order valence-electron chi connectivity index (χ2n) is 6.41. The van der Waals surface area contributed by atoms with Crippen LogP contribution in [0.4, 0.5) is 0 Å².